The number of nitrogens with one attached hydrogen (secondary N) is 1. The quantitative estimate of drug-likeness (QED) is 0.552. The predicted octanol–water partition coefficient (Wildman–Crippen LogP) is 0.145. The maximum Gasteiger partial charge on any atom is 0.292 e. The number of fused-ring (bicyclic) bond motifs is 1. The van der Waals surface area contributed by atoms with Gasteiger partial charge in [0.15, 0.2) is 0 Å². The maximum atomic E-state index is 10.9. The molecule has 0 saturated carbocycles. The molecule has 1 aliphatic rings. The summed E-state index contributed by atoms with van der Waals surface area (Å²) >= 11 is 0. The number of carbonyl (C=O) groups is 2. The molecule has 4 heteroatoms. The van der Waals surface area contributed by atoms with E-state index in [4.69, 9.17) is 0 Å². The van der Waals surface area contributed by atoms with E-state index in [-0.39, 0.29) is 6.42 Å². The topological polar surface area (TPSA) is 59.1 Å². The van der Waals surface area contributed by atoms with Crippen molar-refractivity contribution in [2.45, 2.75) is 6.42 Å². The van der Waals surface area contributed by atoms with Gasteiger partial charge in [-0.3, -0.25) is 14.6 Å². The molecule has 1 amide bonds. The third kappa shape index (κ3) is 0.972. The summed E-state index contributed by atoms with van der Waals surface area (Å²) < 4.78 is 0. The summed E-state index contributed by atoms with van der Waals surface area (Å²) in [6.07, 6.45) is 1.71. The number of rotatable bonds is 0. The van der Waals surface area contributed by atoms with Crippen LogP contribution in [0.1, 0.15) is 5.69 Å². The number of anilines is 1. The van der Waals surface area contributed by atoms with E-state index in [9.17, 15) is 9.59 Å². The molecule has 2 rings (SSSR count). The van der Waals surface area contributed by atoms with E-state index in [0.717, 1.165) is 0 Å². The van der Waals surface area contributed by atoms with Crippen LogP contribution >= 0.6 is 0 Å². The summed E-state index contributed by atoms with van der Waals surface area (Å²) in [7, 11) is 0. The molecule has 0 unspecified atom stereocenters. The number of pyridine rings is 1. The summed E-state index contributed by atoms with van der Waals surface area (Å²) in [5, 5.41) is 2.46. The Morgan fingerprint density at radius 3 is 3.08 bits per heavy atom. The van der Waals surface area contributed by atoms with E-state index in [2.05, 4.69) is 10.3 Å². The molecule has 0 atom stereocenters. The Kier molecular flexibility index (Phi) is 1.40. The number of carbonyl (C=O) groups excluding carboxylic acids is 2. The lowest BCUT2D eigenvalue weighted by Gasteiger charge is -2.13. The van der Waals surface area contributed by atoms with E-state index < -0.39 is 11.7 Å². The molecule has 1 aliphatic heterocycles. The monoisotopic (exact) mass is 162 g/mol. The average molecular weight is 162 g/mol. The van der Waals surface area contributed by atoms with E-state index in [0.29, 0.717) is 11.4 Å². The van der Waals surface area contributed by atoms with E-state index in [1.165, 1.54) is 0 Å². The van der Waals surface area contributed by atoms with Crippen LogP contribution in [0.4, 0.5) is 5.69 Å². The van der Waals surface area contributed by atoms with Crippen molar-refractivity contribution in [1.29, 1.82) is 0 Å². The lowest BCUT2D eigenvalue weighted by molar-refractivity contribution is -0.134. The van der Waals surface area contributed by atoms with Gasteiger partial charge in [0.25, 0.3) is 5.91 Å². The first-order chi connectivity index (χ1) is 5.77. The average Bonchev–Trinajstić information content (AvgIpc) is 2.07. The molecular weight excluding hydrogens is 156 g/mol. The van der Waals surface area contributed by atoms with Crippen molar-refractivity contribution in [3.8, 4) is 0 Å². The number of amides is 1. The predicted molar refractivity (Wildman–Crippen MR) is 41.6 cm³/mol. The third-order valence-corrected chi connectivity index (χ3v) is 1.72. The van der Waals surface area contributed by atoms with Gasteiger partial charge in [-0.1, -0.05) is 0 Å². The highest BCUT2D eigenvalue weighted by molar-refractivity contribution is 6.42. The molecular formula is C8H6N2O2. The Balaban J connectivity index is 2.47. The summed E-state index contributed by atoms with van der Waals surface area (Å²) in [5.74, 6) is -0.975. The molecule has 1 N–H and O–H groups in total. The molecule has 0 aliphatic carbocycles. The van der Waals surface area contributed by atoms with Crippen molar-refractivity contribution in [3.63, 3.8) is 0 Å². The minimum atomic E-state index is -0.546. The van der Waals surface area contributed by atoms with E-state index >= 15 is 0 Å². The first kappa shape index (κ1) is 6.97. The Morgan fingerprint density at radius 2 is 2.25 bits per heavy atom. The molecule has 2 heterocycles. The molecule has 12 heavy (non-hydrogen) atoms. The van der Waals surface area contributed by atoms with Gasteiger partial charge in [-0.05, 0) is 12.1 Å². The summed E-state index contributed by atoms with van der Waals surface area (Å²) in [5.41, 5.74) is 1.28. The molecule has 4 nitrogen and oxygen atoms in total. The number of hydrogen-bond acceptors (Lipinski definition) is 3. The number of aromatic nitrogens is 1. The summed E-state index contributed by atoms with van der Waals surface area (Å²) in [4.78, 5) is 25.7. The van der Waals surface area contributed by atoms with Crippen LogP contribution in [0, 0.1) is 0 Å². The van der Waals surface area contributed by atoms with Crippen molar-refractivity contribution in [2.75, 3.05) is 5.32 Å². The fourth-order valence-electron chi connectivity index (χ4n) is 1.12. The highest BCUT2D eigenvalue weighted by atomic mass is 16.2. The van der Waals surface area contributed by atoms with E-state index in [1.807, 2.05) is 0 Å². The van der Waals surface area contributed by atoms with Crippen molar-refractivity contribution in [3.05, 3.63) is 24.0 Å². The van der Waals surface area contributed by atoms with Gasteiger partial charge in [-0.2, -0.15) is 0 Å². The fraction of sp³-hybridized carbons (Fsp3) is 0.125. The van der Waals surface area contributed by atoms with Gasteiger partial charge >= 0.3 is 0 Å². The van der Waals surface area contributed by atoms with Crippen LogP contribution in [0.25, 0.3) is 0 Å². The zero-order chi connectivity index (χ0) is 8.55. The normalized spacial score (nSPS) is 15.3. The molecule has 0 spiro atoms. The minimum absolute atomic E-state index is 0.113. The summed E-state index contributed by atoms with van der Waals surface area (Å²) in [6, 6.07) is 3.45. The lowest BCUT2D eigenvalue weighted by Crippen LogP contribution is -2.30. The zero-order valence-electron chi connectivity index (χ0n) is 6.20. The number of hydrogen-bond donors (Lipinski definition) is 1. The Morgan fingerprint density at radius 1 is 1.42 bits per heavy atom. The molecule has 0 fully saturated rings. The van der Waals surface area contributed by atoms with Crippen LogP contribution in [-0.4, -0.2) is 16.7 Å². The van der Waals surface area contributed by atoms with Gasteiger partial charge in [0, 0.05) is 6.20 Å². The first-order valence-electron chi connectivity index (χ1n) is 3.55. The fourth-order valence-corrected chi connectivity index (χ4v) is 1.12. The number of ketones is 1. The van der Waals surface area contributed by atoms with Gasteiger partial charge in [-0.15, -0.1) is 0 Å². The molecule has 60 valence electrons. The molecule has 0 aromatic carbocycles. The smallest absolute Gasteiger partial charge is 0.292 e. The van der Waals surface area contributed by atoms with Crippen LogP contribution < -0.4 is 5.32 Å². The summed E-state index contributed by atoms with van der Waals surface area (Å²) in [6.45, 7) is 0. The maximum absolute atomic E-state index is 10.9. The van der Waals surface area contributed by atoms with Crippen molar-refractivity contribution in [2.24, 2.45) is 0 Å². The van der Waals surface area contributed by atoms with Gasteiger partial charge in [-0.25, -0.2) is 0 Å². The van der Waals surface area contributed by atoms with Crippen molar-refractivity contribution >= 4 is 17.4 Å². The highest BCUT2D eigenvalue weighted by Crippen LogP contribution is 2.16. The Hall–Kier alpha value is -1.71. The zero-order valence-corrected chi connectivity index (χ0v) is 6.20. The molecule has 1 aromatic heterocycles. The largest absolute Gasteiger partial charge is 0.318 e. The van der Waals surface area contributed by atoms with E-state index in [1.54, 1.807) is 18.3 Å². The SMILES string of the molecule is O=C1Cc2ncccc2NC1=O. The molecule has 1 aromatic rings. The molecule has 0 bridgehead atoms. The van der Waals surface area contributed by atoms with Crippen LogP contribution in [0.3, 0.4) is 0 Å². The second-order valence-corrected chi connectivity index (χ2v) is 2.55. The standard InChI is InChI=1S/C8H6N2O2/c11-7-4-6-5(10-8(7)12)2-1-3-9-6/h1-3H,4H2,(H,10,12). The highest BCUT2D eigenvalue weighted by Gasteiger charge is 2.23. The van der Waals surface area contributed by atoms with Crippen LogP contribution in [-0.2, 0) is 16.0 Å². The van der Waals surface area contributed by atoms with Gasteiger partial charge < -0.3 is 5.32 Å². The van der Waals surface area contributed by atoms with Crippen LogP contribution in [0.2, 0.25) is 0 Å². The molecule has 0 saturated heterocycles. The minimum Gasteiger partial charge on any atom is -0.318 e. The van der Waals surface area contributed by atoms with Gasteiger partial charge in [0.2, 0.25) is 5.78 Å². The van der Waals surface area contributed by atoms with Crippen molar-refractivity contribution < 1.29 is 9.59 Å². The molecule has 0 radical (unpaired) electrons. The second-order valence-electron chi connectivity index (χ2n) is 2.55. The number of Topliss-reactive ketones (excluding diaryl/α,β-unsaturated/α-hetero) is 1. The van der Waals surface area contributed by atoms with Crippen LogP contribution in [0.5, 0.6) is 0 Å². The Labute approximate surface area is 68.6 Å². The third-order valence-electron chi connectivity index (χ3n) is 1.72. The second kappa shape index (κ2) is 2.41. The Bertz CT molecular complexity index is 325. The van der Waals surface area contributed by atoms with Gasteiger partial charge in [0.1, 0.15) is 0 Å². The van der Waals surface area contributed by atoms with Crippen LogP contribution in [0.15, 0.2) is 18.3 Å². The number of nitrogens with zero attached hydrogens (tertiary/aromatic N) is 1. The van der Waals surface area contributed by atoms with Gasteiger partial charge in [0.05, 0.1) is 17.8 Å². The first-order valence-corrected chi connectivity index (χ1v) is 3.55. The lowest BCUT2D eigenvalue weighted by atomic mass is 10.1. The van der Waals surface area contributed by atoms with Crippen molar-refractivity contribution in [1.82, 2.24) is 4.98 Å².